The third-order valence-electron chi connectivity index (χ3n) is 2.84. The molecule has 1 aromatic carbocycles. The molecule has 0 unspecified atom stereocenters. The van der Waals surface area contributed by atoms with Gasteiger partial charge in [0.1, 0.15) is 0 Å². The molecule has 1 aromatic heterocycles. The molecule has 130 valence electrons. The Hall–Kier alpha value is -2.88. The van der Waals surface area contributed by atoms with Gasteiger partial charge in [0.2, 0.25) is 5.91 Å². The fraction of sp³-hybridized carbons (Fsp3) is 0.154. The van der Waals surface area contributed by atoms with Crippen LogP contribution >= 0.6 is 11.6 Å². The second-order valence-corrected chi connectivity index (χ2v) is 6.62. The number of nitrogens with one attached hydrogen (secondary N) is 2. The zero-order valence-electron chi connectivity index (χ0n) is 12.6. The van der Waals surface area contributed by atoms with Gasteiger partial charge in [-0.15, -0.1) is 0 Å². The summed E-state index contributed by atoms with van der Waals surface area (Å²) >= 11 is 5.77. The predicted molar refractivity (Wildman–Crippen MR) is 91.6 cm³/mol. The van der Waals surface area contributed by atoms with Crippen molar-refractivity contribution in [3.63, 3.8) is 0 Å². The van der Waals surface area contributed by atoms with E-state index in [1.54, 1.807) is 0 Å². The van der Waals surface area contributed by atoms with Crippen molar-refractivity contribution in [1.29, 1.82) is 0 Å². The highest BCUT2D eigenvalue weighted by atomic mass is 35.5. The maximum Gasteiger partial charge on any atom is 0.263 e. The van der Waals surface area contributed by atoms with Gasteiger partial charge in [-0.25, -0.2) is 18.4 Å². The summed E-state index contributed by atoms with van der Waals surface area (Å²) in [7, 11) is -3.90. The molecule has 10 nitrogen and oxygen atoms in total. The minimum atomic E-state index is -3.90. The van der Waals surface area contributed by atoms with Crippen molar-refractivity contribution in [2.24, 2.45) is 5.11 Å². The Morgan fingerprint density at radius 3 is 2.56 bits per heavy atom. The van der Waals surface area contributed by atoms with Crippen molar-refractivity contribution in [3.05, 3.63) is 52.3 Å². The molecule has 0 radical (unpaired) electrons. The fourth-order valence-electron chi connectivity index (χ4n) is 1.71. The van der Waals surface area contributed by atoms with Crippen LogP contribution in [0.2, 0.25) is 5.15 Å². The normalized spacial score (nSPS) is 10.6. The van der Waals surface area contributed by atoms with Gasteiger partial charge in [-0.2, -0.15) is 0 Å². The molecule has 2 N–H and O–H groups in total. The van der Waals surface area contributed by atoms with Crippen molar-refractivity contribution in [1.82, 2.24) is 9.97 Å². The highest BCUT2D eigenvalue weighted by molar-refractivity contribution is 7.92. The molecular formula is C13H12ClN7O3S. The topological polar surface area (TPSA) is 150 Å². The van der Waals surface area contributed by atoms with E-state index in [1.165, 1.54) is 36.7 Å². The molecule has 12 heteroatoms. The van der Waals surface area contributed by atoms with E-state index in [-0.39, 0.29) is 34.7 Å². The molecule has 2 aromatic rings. The van der Waals surface area contributed by atoms with Gasteiger partial charge in [0, 0.05) is 36.0 Å². The van der Waals surface area contributed by atoms with Crippen LogP contribution in [0.15, 0.2) is 46.7 Å². The number of halogens is 1. The highest BCUT2D eigenvalue weighted by Crippen LogP contribution is 2.20. The molecule has 1 amide bonds. The number of aromatic nitrogens is 2. The van der Waals surface area contributed by atoms with Crippen LogP contribution in [0.5, 0.6) is 0 Å². The zero-order chi connectivity index (χ0) is 18.3. The van der Waals surface area contributed by atoms with Crippen molar-refractivity contribution < 1.29 is 13.2 Å². The minimum absolute atomic E-state index is 0.0246. The van der Waals surface area contributed by atoms with E-state index in [2.05, 4.69) is 30.0 Å². The third kappa shape index (κ3) is 5.31. The highest BCUT2D eigenvalue weighted by Gasteiger charge is 2.17. The van der Waals surface area contributed by atoms with E-state index >= 15 is 0 Å². The molecule has 0 saturated carbocycles. The lowest BCUT2D eigenvalue weighted by Crippen LogP contribution is -2.15. The van der Waals surface area contributed by atoms with Crippen LogP contribution in [0.1, 0.15) is 6.42 Å². The van der Waals surface area contributed by atoms with E-state index < -0.39 is 10.0 Å². The summed E-state index contributed by atoms with van der Waals surface area (Å²) in [4.78, 5) is 21.6. The number of azide groups is 1. The van der Waals surface area contributed by atoms with Gasteiger partial charge in [-0.1, -0.05) is 16.7 Å². The van der Waals surface area contributed by atoms with Crippen molar-refractivity contribution in [2.75, 3.05) is 16.6 Å². The van der Waals surface area contributed by atoms with E-state index in [1.807, 2.05) is 0 Å². The van der Waals surface area contributed by atoms with Crippen LogP contribution in [0.25, 0.3) is 10.4 Å². The quantitative estimate of drug-likeness (QED) is 0.429. The van der Waals surface area contributed by atoms with Gasteiger partial charge in [-0.3, -0.25) is 9.52 Å². The lowest BCUT2D eigenvalue weighted by Gasteiger charge is -2.09. The first-order valence-electron chi connectivity index (χ1n) is 6.82. The molecule has 0 aliphatic heterocycles. The number of sulfonamides is 1. The number of carbonyl (C=O) groups is 1. The van der Waals surface area contributed by atoms with Crippen molar-refractivity contribution in [3.8, 4) is 0 Å². The Morgan fingerprint density at radius 2 is 1.92 bits per heavy atom. The molecule has 0 bridgehead atoms. The first kappa shape index (κ1) is 18.5. The first-order valence-corrected chi connectivity index (χ1v) is 8.68. The van der Waals surface area contributed by atoms with Crippen LogP contribution in [0.3, 0.4) is 0 Å². The molecule has 2 rings (SSSR count). The van der Waals surface area contributed by atoms with Crippen LogP contribution in [0.4, 0.5) is 11.5 Å². The second kappa shape index (κ2) is 8.29. The summed E-state index contributed by atoms with van der Waals surface area (Å²) in [5.41, 5.74) is 8.55. The molecule has 0 aliphatic rings. The van der Waals surface area contributed by atoms with Gasteiger partial charge < -0.3 is 5.32 Å². The molecule has 0 saturated heterocycles. The minimum Gasteiger partial charge on any atom is -0.326 e. The molecule has 1 heterocycles. The van der Waals surface area contributed by atoms with E-state index in [9.17, 15) is 13.2 Å². The average Bonchev–Trinajstić information content (AvgIpc) is 2.57. The van der Waals surface area contributed by atoms with Gasteiger partial charge in [0.25, 0.3) is 10.0 Å². The molecule has 0 fully saturated rings. The molecule has 0 spiro atoms. The Kier molecular flexibility index (Phi) is 6.12. The van der Waals surface area contributed by atoms with Gasteiger partial charge in [0.15, 0.2) is 11.0 Å². The van der Waals surface area contributed by atoms with Gasteiger partial charge >= 0.3 is 0 Å². The molecule has 0 atom stereocenters. The summed E-state index contributed by atoms with van der Waals surface area (Å²) in [5, 5.41) is 5.74. The lowest BCUT2D eigenvalue weighted by molar-refractivity contribution is -0.116. The smallest absolute Gasteiger partial charge is 0.263 e. The first-order chi connectivity index (χ1) is 11.9. The summed E-state index contributed by atoms with van der Waals surface area (Å²) in [6, 6.07) is 5.49. The Morgan fingerprint density at radius 1 is 1.24 bits per heavy atom. The standard InChI is InChI=1S/C13H12ClN7O3S/c14-12-13(17-8-7-16-12)20-25(23,24)10-3-1-9(2-4-10)19-11(22)5-6-18-21-15/h1-4,7-8H,5-6H2,(H,17,20)(H,19,22). The average molecular weight is 382 g/mol. The summed E-state index contributed by atoms with van der Waals surface area (Å²) in [6.45, 7) is 0.0393. The second-order valence-electron chi connectivity index (χ2n) is 4.58. The number of anilines is 2. The largest absolute Gasteiger partial charge is 0.326 e. The van der Waals surface area contributed by atoms with Crippen LogP contribution in [-0.4, -0.2) is 30.8 Å². The van der Waals surface area contributed by atoms with Gasteiger partial charge in [-0.05, 0) is 29.8 Å². The van der Waals surface area contributed by atoms with E-state index in [0.29, 0.717) is 5.69 Å². The zero-order valence-corrected chi connectivity index (χ0v) is 14.2. The maximum absolute atomic E-state index is 12.3. The van der Waals surface area contributed by atoms with E-state index in [0.717, 1.165) is 0 Å². The number of rotatable bonds is 7. The number of hydrogen-bond acceptors (Lipinski definition) is 6. The van der Waals surface area contributed by atoms with Crippen LogP contribution in [-0.2, 0) is 14.8 Å². The molecule has 0 aliphatic carbocycles. The summed E-state index contributed by atoms with van der Waals surface area (Å²) in [5.74, 6) is -0.438. The van der Waals surface area contributed by atoms with E-state index in [4.69, 9.17) is 17.1 Å². The van der Waals surface area contributed by atoms with Crippen LogP contribution in [0, 0.1) is 0 Å². The molecule has 25 heavy (non-hydrogen) atoms. The number of nitrogens with zero attached hydrogens (tertiary/aromatic N) is 5. The van der Waals surface area contributed by atoms with Crippen molar-refractivity contribution >= 4 is 39.0 Å². The predicted octanol–water partition coefficient (Wildman–Crippen LogP) is 2.57. The summed E-state index contributed by atoms with van der Waals surface area (Å²) < 4.78 is 26.8. The third-order valence-corrected chi connectivity index (χ3v) is 4.47. The monoisotopic (exact) mass is 381 g/mol. The number of hydrogen-bond donors (Lipinski definition) is 2. The Balaban J connectivity index is 2.07. The van der Waals surface area contributed by atoms with Crippen LogP contribution < -0.4 is 10.0 Å². The molecular weight excluding hydrogens is 370 g/mol. The van der Waals surface area contributed by atoms with Gasteiger partial charge in [0.05, 0.1) is 4.90 Å². The Bertz CT molecular complexity index is 911. The maximum atomic E-state index is 12.3. The van der Waals surface area contributed by atoms with Crippen molar-refractivity contribution in [2.45, 2.75) is 11.3 Å². The number of amides is 1. The SMILES string of the molecule is [N-]=[N+]=NCCC(=O)Nc1ccc(S(=O)(=O)Nc2nccnc2Cl)cc1. The lowest BCUT2D eigenvalue weighted by atomic mass is 10.3. The Labute approximate surface area is 147 Å². The number of benzene rings is 1. The summed E-state index contributed by atoms with van der Waals surface area (Å²) in [6.07, 6.45) is 2.66. The fourth-order valence-corrected chi connectivity index (χ4v) is 2.94. The number of carbonyl (C=O) groups excluding carboxylic acids is 1.